The number of H-pyrrole nitrogens is 2. The lowest BCUT2D eigenvalue weighted by molar-refractivity contribution is -0.148. The van der Waals surface area contributed by atoms with Crippen molar-refractivity contribution in [2.24, 2.45) is 0 Å². The van der Waals surface area contributed by atoms with Gasteiger partial charge >= 0.3 is 18.0 Å². The average Bonchev–Trinajstić information content (AvgIpc) is 3.27. The van der Waals surface area contributed by atoms with E-state index in [1.165, 1.54) is 0 Å². The van der Waals surface area contributed by atoms with Gasteiger partial charge in [-0.1, -0.05) is 29.8 Å². The number of hydrogen-bond acceptors (Lipinski definition) is 5. The van der Waals surface area contributed by atoms with Gasteiger partial charge in [0.15, 0.2) is 0 Å². The molecule has 14 heteroatoms. The monoisotopic (exact) mass is 571 g/mol. The second-order valence-corrected chi connectivity index (χ2v) is 9.56. The van der Waals surface area contributed by atoms with Crippen molar-refractivity contribution in [2.45, 2.75) is 51.4 Å². The number of carbonyl (C=O) groups excluding carboxylic acids is 1. The summed E-state index contributed by atoms with van der Waals surface area (Å²) in [5.41, 5.74) is -1.92. The molecule has 3 aromatic rings. The number of ether oxygens (including phenoxy) is 1. The summed E-state index contributed by atoms with van der Waals surface area (Å²) in [6, 6.07) is 7.69. The number of nitrogens with zero attached hydrogens (tertiary/aromatic N) is 3. The fraction of sp³-hybridized carbons (Fsp3) is 0.423. The van der Waals surface area contributed by atoms with E-state index in [2.05, 4.69) is 15.2 Å². The molecule has 0 aliphatic carbocycles. The van der Waals surface area contributed by atoms with E-state index < -0.39 is 47.9 Å². The molecule has 0 unspecified atom stereocenters. The predicted octanol–water partition coefficient (Wildman–Crippen LogP) is 4.43. The van der Waals surface area contributed by atoms with Crippen LogP contribution in [0.25, 0.3) is 0 Å². The number of alkyl halides is 6. The second-order valence-electron chi connectivity index (χ2n) is 9.56. The third-order valence-electron chi connectivity index (χ3n) is 6.65. The van der Waals surface area contributed by atoms with Crippen LogP contribution in [0.1, 0.15) is 46.6 Å². The molecule has 40 heavy (non-hydrogen) atoms. The van der Waals surface area contributed by atoms with Crippen LogP contribution < -0.4 is 5.69 Å². The van der Waals surface area contributed by atoms with Gasteiger partial charge < -0.3 is 9.64 Å². The number of aromatic amines is 2. The number of nitrogens with one attached hydrogen (secondary N) is 2. The van der Waals surface area contributed by atoms with Crippen molar-refractivity contribution < 1.29 is 35.9 Å². The van der Waals surface area contributed by atoms with Crippen molar-refractivity contribution in [1.29, 1.82) is 0 Å². The Morgan fingerprint density at radius 1 is 1.02 bits per heavy atom. The quantitative estimate of drug-likeness (QED) is 0.390. The molecule has 1 fully saturated rings. The Labute approximate surface area is 224 Å². The summed E-state index contributed by atoms with van der Waals surface area (Å²) in [7, 11) is 0. The zero-order valence-corrected chi connectivity index (χ0v) is 21.6. The minimum absolute atomic E-state index is 0.0135. The number of amides is 1. The molecule has 4 rings (SSSR count). The predicted molar refractivity (Wildman–Crippen MR) is 131 cm³/mol. The highest BCUT2D eigenvalue weighted by Crippen LogP contribution is 2.37. The van der Waals surface area contributed by atoms with Crippen LogP contribution in [0.4, 0.5) is 26.3 Å². The Kier molecular flexibility index (Phi) is 8.40. The highest BCUT2D eigenvalue weighted by atomic mass is 19.4. The van der Waals surface area contributed by atoms with Gasteiger partial charge in [0, 0.05) is 6.54 Å². The summed E-state index contributed by atoms with van der Waals surface area (Å²) in [5.74, 6) is 0.0417. The average molecular weight is 572 g/mol. The molecule has 216 valence electrons. The molecule has 1 aliphatic rings. The number of hydrogen-bond donors (Lipinski definition) is 2. The first-order chi connectivity index (χ1) is 18.8. The fourth-order valence-electron chi connectivity index (χ4n) is 4.97. The summed E-state index contributed by atoms with van der Waals surface area (Å²) >= 11 is 0. The number of rotatable bonds is 8. The summed E-state index contributed by atoms with van der Waals surface area (Å²) in [6.45, 7) is 3.32. The SMILES string of the molecule is CCN1C(=O)CN(Cc2n[nH]c(=O)[nH]2)[C@@H](c2cccc(C)c2)[C@H]1COCc1cc(C(F)(F)F)cc(C(F)(F)F)c1. The zero-order chi connectivity index (χ0) is 29.2. The van der Waals surface area contributed by atoms with Crippen LogP contribution >= 0.6 is 0 Å². The number of aromatic nitrogens is 3. The number of likely N-dealkylation sites (N-methyl/N-ethyl adjacent to an activating group) is 1. The van der Waals surface area contributed by atoms with Crippen LogP contribution in [0.15, 0.2) is 47.3 Å². The van der Waals surface area contributed by atoms with E-state index in [0.29, 0.717) is 24.5 Å². The van der Waals surface area contributed by atoms with Gasteiger partial charge in [0.1, 0.15) is 5.82 Å². The molecule has 0 spiro atoms. The number of benzene rings is 2. The summed E-state index contributed by atoms with van der Waals surface area (Å²) in [4.78, 5) is 30.6. The molecule has 0 bridgehead atoms. The fourth-order valence-corrected chi connectivity index (χ4v) is 4.97. The molecule has 0 saturated carbocycles. The Hall–Kier alpha value is -3.65. The molecule has 1 saturated heterocycles. The molecule has 1 aliphatic heterocycles. The lowest BCUT2D eigenvalue weighted by Gasteiger charge is -2.47. The standard InChI is InChI=1S/C26H27F6N5O3/c1-3-37-20(14-40-13-16-8-18(25(27,28)29)10-19(9-16)26(30,31)32)23(17-6-4-5-15(2)7-17)36(12-22(37)38)11-21-33-24(39)35-34-21/h4-10,20,23H,3,11-14H2,1-2H3,(H2,33,34,35,39)/t20-,23+/m1/s1. The minimum Gasteiger partial charge on any atom is -0.375 e. The number of piperazine rings is 1. The van der Waals surface area contributed by atoms with Gasteiger partial charge in [0.2, 0.25) is 5.91 Å². The van der Waals surface area contributed by atoms with Gasteiger partial charge in [-0.25, -0.2) is 9.89 Å². The lowest BCUT2D eigenvalue weighted by atomic mass is 9.92. The Balaban J connectivity index is 1.64. The molecule has 2 N–H and O–H groups in total. The molecule has 2 heterocycles. The normalized spacial score (nSPS) is 18.9. The molecule has 2 aromatic carbocycles. The van der Waals surface area contributed by atoms with Gasteiger partial charge in [-0.2, -0.15) is 31.4 Å². The number of carbonyl (C=O) groups is 1. The van der Waals surface area contributed by atoms with Gasteiger partial charge in [-0.15, -0.1) is 0 Å². The van der Waals surface area contributed by atoms with Crippen molar-refractivity contribution in [1.82, 2.24) is 25.0 Å². The van der Waals surface area contributed by atoms with Gasteiger partial charge in [0.25, 0.3) is 0 Å². The van der Waals surface area contributed by atoms with Crippen LogP contribution in [0.2, 0.25) is 0 Å². The highest BCUT2D eigenvalue weighted by Gasteiger charge is 2.42. The zero-order valence-electron chi connectivity index (χ0n) is 21.6. The van der Waals surface area contributed by atoms with E-state index in [0.717, 1.165) is 11.1 Å². The van der Waals surface area contributed by atoms with Crippen LogP contribution in [0.3, 0.4) is 0 Å². The van der Waals surface area contributed by atoms with Crippen LogP contribution in [-0.2, 0) is 35.0 Å². The molecule has 1 aromatic heterocycles. The van der Waals surface area contributed by atoms with E-state index in [-0.39, 0.29) is 37.2 Å². The van der Waals surface area contributed by atoms with E-state index in [1.807, 2.05) is 31.2 Å². The third-order valence-corrected chi connectivity index (χ3v) is 6.65. The maximum absolute atomic E-state index is 13.3. The maximum atomic E-state index is 13.3. The van der Waals surface area contributed by atoms with Crippen LogP contribution in [-0.4, -0.2) is 56.6 Å². The molecule has 0 radical (unpaired) electrons. The van der Waals surface area contributed by atoms with Crippen molar-refractivity contribution in [3.05, 3.63) is 86.6 Å². The maximum Gasteiger partial charge on any atom is 0.416 e. The molecule has 8 nitrogen and oxygen atoms in total. The first kappa shape index (κ1) is 29.3. The van der Waals surface area contributed by atoms with Crippen LogP contribution in [0.5, 0.6) is 0 Å². The largest absolute Gasteiger partial charge is 0.416 e. The van der Waals surface area contributed by atoms with Crippen molar-refractivity contribution >= 4 is 5.91 Å². The van der Waals surface area contributed by atoms with Crippen molar-refractivity contribution in [3.63, 3.8) is 0 Å². The van der Waals surface area contributed by atoms with Gasteiger partial charge in [-0.3, -0.25) is 14.7 Å². The van der Waals surface area contributed by atoms with Crippen molar-refractivity contribution in [2.75, 3.05) is 19.7 Å². The van der Waals surface area contributed by atoms with E-state index >= 15 is 0 Å². The lowest BCUT2D eigenvalue weighted by Crippen LogP contribution is -2.59. The number of halogens is 6. The van der Waals surface area contributed by atoms with Crippen molar-refractivity contribution in [3.8, 4) is 0 Å². The highest BCUT2D eigenvalue weighted by molar-refractivity contribution is 5.79. The Morgan fingerprint density at radius 3 is 2.25 bits per heavy atom. The van der Waals surface area contributed by atoms with E-state index in [4.69, 9.17) is 4.74 Å². The molecular weight excluding hydrogens is 544 g/mol. The second kappa shape index (κ2) is 11.5. The molecule has 1 amide bonds. The Bertz CT molecular complexity index is 1370. The van der Waals surface area contributed by atoms with Crippen LogP contribution in [0, 0.1) is 6.92 Å². The topological polar surface area (TPSA) is 94.3 Å². The van der Waals surface area contributed by atoms with Gasteiger partial charge in [0.05, 0.1) is 49.5 Å². The minimum atomic E-state index is -4.98. The first-order valence-corrected chi connectivity index (χ1v) is 12.4. The smallest absolute Gasteiger partial charge is 0.375 e. The summed E-state index contributed by atoms with van der Waals surface area (Å²) < 4.78 is 85.5. The summed E-state index contributed by atoms with van der Waals surface area (Å²) in [5, 5.41) is 6.21. The number of aryl methyl sites for hydroxylation is 1. The van der Waals surface area contributed by atoms with E-state index in [9.17, 15) is 35.9 Å². The molecular formula is C26H27F6N5O3. The summed E-state index contributed by atoms with van der Waals surface area (Å²) in [6.07, 6.45) is -9.95. The van der Waals surface area contributed by atoms with E-state index in [1.54, 1.807) is 16.7 Å². The van der Waals surface area contributed by atoms with Gasteiger partial charge in [-0.05, 0) is 43.2 Å². The molecule has 2 atom stereocenters. The first-order valence-electron chi connectivity index (χ1n) is 12.4. The Morgan fingerprint density at radius 2 is 1.70 bits per heavy atom. The third kappa shape index (κ3) is 6.73.